The van der Waals surface area contributed by atoms with Crippen molar-refractivity contribution in [2.24, 2.45) is 0 Å². The molecule has 1 unspecified atom stereocenters. The van der Waals surface area contributed by atoms with Crippen molar-refractivity contribution < 1.29 is 18.0 Å². The molecule has 2 rings (SSSR count). The third-order valence-electron chi connectivity index (χ3n) is 2.74. The first-order valence-corrected chi connectivity index (χ1v) is 7.67. The van der Waals surface area contributed by atoms with E-state index in [-0.39, 0.29) is 29.5 Å². The summed E-state index contributed by atoms with van der Waals surface area (Å²) in [6.45, 7) is 0.613. The molecule has 1 atom stereocenters. The van der Waals surface area contributed by atoms with Crippen molar-refractivity contribution in [3.8, 4) is 0 Å². The van der Waals surface area contributed by atoms with Crippen molar-refractivity contribution in [2.75, 3.05) is 25.1 Å². The number of nitrogens with zero attached hydrogens (tertiary/aromatic N) is 2. The highest BCUT2D eigenvalue weighted by Crippen LogP contribution is 2.26. The summed E-state index contributed by atoms with van der Waals surface area (Å²) >= 11 is 0.979. The van der Waals surface area contributed by atoms with Crippen LogP contribution in [0.3, 0.4) is 0 Å². The lowest BCUT2D eigenvalue weighted by Crippen LogP contribution is -2.41. The Morgan fingerprint density at radius 1 is 1.38 bits per heavy atom. The molecule has 2 aliphatic rings. The zero-order valence-corrected chi connectivity index (χ0v) is 10.4. The molecule has 0 aliphatic carbocycles. The van der Waals surface area contributed by atoms with E-state index in [1.165, 1.54) is 9.21 Å². The van der Waals surface area contributed by atoms with E-state index in [0.717, 1.165) is 18.0 Å². The van der Waals surface area contributed by atoms with E-state index in [0.29, 0.717) is 13.0 Å². The van der Waals surface area contributed by atoms with Gasteiger partial charge in [-0.1, -0.05) is 11.8 Å². The van der Waals surface area contributed by atoms with Crippen LogP contribution in [0.4, 0.5) is 4.79 Å². The maximum atomic E-state index is 11.4. The number of sulfonamides is 1. The van der Waals surface area contributed by atoms with Crippen LogP contribution in [0.2, 0.25) is 0 Å². The van der Waals surface area contributed by atoms with E-state index >= 15 is 0 Å². The summed E-state index contributed by atoms with van der Waals surface area (Å²) in [5, 5.41) is -0.259. The standard InChI is InChI=1S/C8H12N2O4S2/c1-16(13,14)9-3-2-6(4-9)10-7(11)5-15-8(10)12/h6H,2-5H2,1H3. The van der Waals surface area contributed by atoms with E-state index < -0.39 is 10.0 Å². The van der Waals surface area contributed by atoms with Gasteiger partial charge in [-0.05, 0) is 6.42 Å². The molecule has 2 amide bonds. The number of carbonyl (C=O) groups excluding carboxylic acids is 2. The smallest absolute Gasteiger partial charge is 0.273 e. The minimum atomic E-state index is -3.22. The van der Waals surface area contributed by atoms with Crippen molar-refractivity contribution >= 4 is 32.9 Å². The van der Waals surface area contributed by atoms with Gasteiger partial charge in [-0.25, -0.2) is 12.7 Å². The van der Waals surface area contributed by atoms with Crippen LogP contribution in [0, 0.1) is 0 Å². The first kappa shape index (κ1) is 11.9. The summed E-state index contributed by atoms with van der Waals surface area (Å²) < 4.78 is 23.9. The Balaban J connectivity index is 2.09. The molecule has 2 aliphatic heterocycles. The maximum Gasteiger partial charge on any atom is 0.289 e. The summed E-state index contributed by atoms with van der Waals surface area (Å²) in [4.78, 5) is 24.1. The molecule has 90 valence electrons. The van der Waals surface area contributed by atoms with Crippen LogP contribution in [0.25, 0.3) is 0 Å². The second kappa shape index (κ2) is 4.01. The number of thioether (sulfide) groups is 1. The van der Waals surface area contributed by atoms with Gasteiger partial charge in [0.1, 0.15) is 0 Å². The molecule has 2 heterocycles. The fourth-order valence-corrected chi connectivity index (χ4v) is 3.60. The number of hydrogen-bond donors (Lipinski definition) is 0. The van der Waals surface area contributed by atoms with E-state index in [4.69, 9.17) is 0 Å². The third-order valence-corrected chi connectivity index (χ3v) is 4.85. The van der Waals surface area contributed by atoms with Crippen LogP contribution < -0.4 is 0 Å². The SMILES string of the molecule is CS(=O)(=O)N1CCC(N2C(=O)CSC2=O)C1. The van der Waals surface area contributed by atoms with Crippen molar-refractivity contribution in [3.05, 3.63) is 0 Å². The molecule has 16 heavy (non-hydrogen) atoms. The van der Waals surface area contributed by atoms with Gasteiger partial charge in [0.05, 0.1) is 18.1 Å². The zero-order chi connectivity index (χ0) is 11.9. The van der Waals surface area contributed by atoms with Crippen molar-refractivity contribution in [2.45, 2.75) is 12.5 Å². The van der Waals surface area contributed by atoms with Crippen LogP contribution in [0.15, 0.2) is 0 Å². The molecule has 0 aromatic carbocycles. The Labute approximate surface area is 98.0 Å². The normalized spacial score (nSPS) is 28.1. The molecule has 8 heteroatoms. The Bertz CT molecular complexity index is 417. The van der Waals surface area contributed by atoms with Gasteiger partial charge >= 0.3 is 0 Å². The van der Waals surface area contributed by atoms with Crippen LogP contribution in [0.5, 0.6) is 0 Å². The number of carbonyl (C=O) groups is 2. The van der Waals surface area contributed by atoms with E-state index in [1.54, 1.807) is 0 Å². The van der Waals surface area contributed by atoms with Gasteiger partial charge < -0.3 is 0 Å². The topological polar surface area (TPSA) is 74.8 Å². The summed E-state index contributed by atoms with van der Waals surface area (Å²) in [6.07, 6.45) is 1.67. The fourth-order valence-electron chi connectivity index (χ4n) is 1.94. The largest absolute Gasteiger partial charge is 0.289 e. The highest BCUT2D eigenvalue weighted by atomic mass is 32.2. The first-order valence-electron chi connectivity index (χ1n) is 4.83. The van der Waals surface area contributed by atoms with Crippen LogP contribution in [0.1, 0.15) is 6.42 Å². The minimum absolute atomic E-state index is 0.175. The Hall–Kier alpha value is -0.600. The predicted octanol–water partition coefficient (Wildman–Crippen LogP) is -0.284. The van der Waals surface area contributed by atoms with E-state index in [2.05, 4.69) is 0 Å². The fraction of sp³-hybridized carbons (Fsp3) is 0.750. The molecule has 2 fully saturated rings. The van der Waals surface area contributed by atoms with Crippen LogP contribution in [-0.4, -0.2) is 59.9 Å². The van der Waals surface area contributed by atoms with Crippen molar-refractivity contribution in [1.29, 1.82) is 0 Å². The highest BCUT2D eigenvalue weighted by molar-refractivity contribution is 8.14. The molecule has 0 radical (unpaired) electrons. The molecule has 0 saturated carbocycles. The molecular formula is C8H12N2O4S2. The number of rotatable bonds is 2. The molecule has 6 nitrogen and oxygen atoms in total. The zero-order valence-electron chi connectivity index (χ0n) is 8.75. The molecule has 0 bridgehead atoms. The van der Waals surface area contributed by atoms with Gasteiger partial charge in [0.15, 0.2) is 0 Å². The number of amides is 2. The van der Waals surface area contributed by atoms with Gasteiger partial charge in [0.2, 0.25) is 15.9 Å². The summed E-state index contributed by atoms with van der Waals surface area (Å²) in [6, 6.07) is -0.287. The summed E-state index contributed by atoms with van der Waals surface area (Å²) in [5.41, 5.74) is 0. The second-order valence-electron chi connectivity index (χ2n) is 3.88. The van der Waals surface area contributed by atoms with Crippen LogP contribution in [-0.2, 0) is 14.8 Å². The molecule has 0 aromatic rings. The van der Waals surface area contributed by atoms with Crippen molar-refractivity contribution in [1.82, 2.24) is 9.21 Å². The minimum Gasteiger partial charge on any atom is -0.273 e. The predicted molar refractivity (Wildman–Crippen MR) is 59.5 cm³/mol. The lowest BCUT2D eigenvalue weighted by atomic mass is 10.2. The monoisotopic (exact) mass is 264 g/mol. The first-order chi connectivity index (χ1) is 7.39. The highest BCUT2D eigenvalue weighted by Gasteiger charge is 2.40. The quantitative estimate of drug-likeness (QED) is 0.685. The second-order valence-corrected chi connectivity index (χ2v) is 6.79. The maximum absolute atomic E-state index is 11.4. The van der Waals surface area contributed by atoms with Gasteiger partial charge in [0.25, 0.3) is 5.24 Å². The van der Waals surface area contributed by atoms with Gasteiger partial charge in [-0.15, -0.1) is 0 Å². The Kier molecular flexibility index (Phi) is 2.97. The van der Waals surface area contributed by atoms with Gasteiger partial charge in [-0.3, -0.25) is 14.5 Å². The number of hydrogen-bond acceptors (Lipinski definition) is 5. The molecule has 0 spiro atoms. The van der Waals surface area contributed by atoms with Gasteiger partial charge in [-0.2, -0.15) is 0 Å². The molecule has 0 N–H and O–H groups in total. The number of imide groups is 1. The van der Waals surface area contributed by atoms with E-state index in [1.807, 2.05) is 0 Å². The summed E-state index contributed by atoms with van der Waals surface area (Å²) in [5.74, 6) is -0.0378. The lowest BCUT2D eigenvalue weighted by Gasteiger charge is -2.20. The average molecular weight is 264 g/mol. The van der Waals surface area contributed by atoms with Crippen LogP contribution >= 0.6 is 11.8 Å². The molecular weight excluding hydrogens is 252 g/mol. The third kappa shape index (κ3) is 2.09. The van der Waals surface area contributed by atoms with Crippen molar-refractivity contribution in [3.63, 3.8) is 0 Å². The molecule has 0 aromatic heterocycles. The molecule has 2 saturated heterocycles. The Morgan fingerprint density at radius 3 is 2.50 bits per heavy atom. The Morgan fingerprint density at radius 2 is 2.06 bits per heavy atom. The van der Waals surface area contributed by atoms with Gasteiger partial charge in [0, 0.05) is 13.1 Å². The summed E-state index contributed by atoms with van der Waals surface area (Å²) in [7, 11) is -3.22. The average Bonchev–Trinajstić information content (AvgIpc) is 2.72. The lowest BCUT2D eigenvalue weighted by molar-refractivity contribution is -0.126. The van der Waals surface area contributed by atoms with E-state index in [9.17, 15) is 18.0 Å².